The van der Waals surface area contributed by atoms with Crippen molar-refractivity contribution in [3.05, 3.63) is 35.9 Å². The van der Waals surface area contributed by atoms with Crippen LogP contribution < -0.4 is 10.6 Å². The second-order valence-electron chi connectivity index (χ2n) is 5.58. The number of carbonyl (C=O) groups excluding carboxylic acids is 1. The van der Waals surface area contributed by atoms with Crippen LogP contribution in [0.15, 0.2) is 30.3 Å². The van der Waals surface area contributed by atoms with Gasteiger partial charge in [-0.15, -0.1) is 0 Å². The molecule has 0 aromatic heterocycles. The molecule has 104 valence electrons. The van der Waals surface area contributed by atoms with Crippen molar-refractivity contribution >= 4 is 5.91 Å². The first-order valence-electron chi connectivity index (χ1n) is 7.26. The maximum absolute atomic E-state index is 12.4. The molecule has 3 heteroatoms. The molecule has 1 fully saturated rings. The highest BCUT2D eigenvalue weighted by atomic mass is 16.1. The average molecular weight is 260 g/mol. The van der Waals surface area contributed by atoms with Crippen LogP contribution >= 0.6 is 0 Å². The lowest BCUT2D eigenvalue weighted by atomic mass is 9.93. The van der Waals surface area contributed by atoms with Crippen molar-refractivity contribution < 1.29 is 4.79 Å². The molecule has 3 unspecified atom stereocenters. The van der Waals surface area contributed by atoms with Crippen LogP contribution in [-0.2, 0) is 4.79 Å². The van der Waals surface area contributed by atoms with Crippen molar-refractivity contribution in [1.29, 1.82) is 0 Å². The molecule has 1 aromatic rings. The summed E-state index contributed by atoms with van der Waals surface area (Å²) in [6, 6.07) is 10.3. The van der Waals surface area contributed by atoms with Crippen LogP contribution in [0, 0.1) is 5.92 Å². The van der Waals surface area contributed by atoms with Crippen molar-refractivity contribution in [2.75, 3.05) is 13.1 Å². The minimum absolute atomic E-state index is 0.0292. The van der Waals surface area contributed by atoms with E-state index in [0.29, 0.717) is 5.92 Å². The Morgan fingerprint density at radius 1 is 1.37 bits per heavy atom. The monoisotopic (exact) mass is 260 g/mol. The highest BCUT2D eigenvalue weighted by Crippen LogP contribution is 2.20. The van der Waals surface area contributed by atoms with Crippen LogP contribution in [-0.4, -0.2) is 25.0 Å². The third kappa shape index (κ3) is 3.80. The minimum Gasteiger partial charge on any atom is -0.352 e. The third-order valence-corrected chi connectivity index (χ3v) is 3.84. The Labute approximate surface area is 115 Å². The van der Waals surface area contributed by atoms with Crippen LogP contribution in [0.5, 0.6) is 0 Å². The highest BCUT2D eigenvalue weighted by Gasteiger charge is 2.24. The molecule has 0 aliphatic carbocycles. The number of rotatable bonds is 4. The number of amides is 1. The van der Waals surface area contributed by atoms with E-state index >= 15 is 0 Å². The van der Waals surface area contributed by atoms with Gasteiger partial charge in [0.25, 0.3) is 0 Å². The molecule has 1 saturated heterocycles. The van der Waals surface area contributed by atoms with Gasteiger partial charge in [-0.25, -0.2) is 0 Å². The van der Waals surface area contributed by atoms with Crippen LogP contribution in [0.3, 0.4) is 0 Å². The van der Waals surface area contributed by atoms with Crippen molar-refractivity contribution in [3.8, 4) is 0 Å². The second-order valence-corrected chi connectivity index (χ2v) is 5.58. The van der Waals surface area contributed by atoms with Gasteiger partial charge in [0.2, 0.25) is 5.91 Å². The lowest BCUT2D eigenvalue weighted by molar-refractivity contribution is -0.123. The smallest absolute Gasteiger partial charge is 0.227 e. The Balaban J connectivity index is 1.97. The summed E-state index contributed by atoms with van der Waals surface area (Å²) in [4.78, 5) is 12.4. The molecule has 0 spiro atoms. The molecule has 0 bridgehead atoms. The summed E-state index contributed by atoms with van der Waals surface area (Å²) in [7, 11) is 0. The van der Waals surface area contributed by atoms with Gasteiger partial charge >= 0.3 is 0 Å². The molecule has 2 N–H and O–H groups in total. The Morgan fingerprint density at radius 2 is 2.11 bits per heavy atom. The molecule has 19 heavy (non-hydrogen) atoms. The van der Waals surface area contributed by atoms with Crippen molar-refractivity contribution in [1.82, 2.24) is 10.6 Å². The first-order valence-corrected chi connectivity index (χ1v) is 7.26. The minimum atomic E-state index is -0.0292. The van der Waals surface area contributed by atoms with Crippen LogP contribution in [0.1, 0.15) is 38.2 Å². The molecular weight excluding hydrogens is 236 g/mol. The lowest BCUT2D eigenvalue weighted by Gasteiger charge is -2.29. The number of piperidine rings is 1. The Hall–Kier alpha value is -1.35. The number of hydrogen-bond donors (Lipinski definition) is 2. The molecule has 1 aliphatic heterocycles. The van der Waals surface area contributed by atoms with Gasteiger partial charge in [0.1, 0.15) is 0 Å². The van der Waals surface area contributed by atoms with E-state index in [1.165, 1.54) is 0 Å². The molecular formula is C16H24N2O. The van der Waals surface area contributed by atoms with Crippen LogP contribution in [0.25, 0.3) is 0 Å². The fraction of sp³-hybridized carbons (Fsp3) is 0.562. The van der Waals surface area contributed by atoms with E-state index in [-0.39, 0.29) is 17.9 Å². The lowest BCUT2D eigenvalue weighted by Crippen LogP contribution is -2.49. The quantitative estimate of drug-likeness (QED) is 0.872. The maximum Gasteiger partial charge on any atom is 0.227 e. The first kappa shape index (κ1) is 14.1. The van der Waals surface area contributed by atoms with Gasteiger partial charge in [0.05, 0.1) is 5.92 Å². The fourth-order valence-corrected chi connectivity index (χ4v) is 2.83. The summed E-state index contributed by atoms with van der Waals surface area (Å²) in [6.07, 6.45) is 1.91. The van der Waals surface area contributed by atoms with Gasteiger partial charge in [-0.3, -0.25) is 4.79 Å². The van der Waals surface area contributed by atoms with E-state index in [4.69, 9.17) is 0 Å². The molecule has 0 radical (unpaired) electrons. The van der Waals surface area contributed by atoms with E-state index < -0.39 is 0 Å². The number of nitrogens with one attached hydrogen (secondary N) is 2. The summed E-state index contributed by atoms with van der Waals surface area (Å²) < 4.78 is 0. The molecule has 1 aromatic carbocycles. The Kier molecular flexibility index (Phi) is 4.97. The number of carbonyl (C=O) groups is 1. The predicted octanol–water partition coefficient (Wildman–Crippen LogP) is 2.29. The fourth-order valence-electron chi connectivity index (χ4n) is 2.83. The number of benzene rings is 1. The second kappa shape index (κ2) is 6.71. The standard InChI is InChI=1S/C16H24N2O/c1-3-15(13-7-5-4-6-8-13)16(19)18-14-9-12(2)10-17-11-14/h4-8,12,14-15,17H,3,9-11H2,1-2H3,(H,18,19). The van der Waals surface area contributed by atoms with Crippen molar-refractivity contribution in [2.45, 2.75) is 38.6 Å². The largest absolute Gasteiger partial charge is 0.352 e. The normalized spacial score (nSPS) is 24.7. The summed E-state index contributed by atoms with van der Waals surface area (Å²) in [5.41, 5.74) is 1.11. The van der Waals surface area contributed by atoms with Gasteiger partial charge in [-0.1, -0.05) is 44.2 Å². The summed E-state index contributed by atoms with van der Waals surface area (Å²) >= 11 is 0. The van der Waals surface area contributed by atoms with Gasteiger partial charge in [0.15, 0.2) is 0 Å². The maximum atomic E-state index is 12.4. The van der Waals surface area contributed by atoms with Gasteiger partial charge in [-0.05, 0) is 30.9 Å². The molecule has 3 atom stereocenters. The zero-order valence-electron chi connectivity index (χ0n) is 11.9. The molecule has 3 nitrogen and oxygen atoms in total. The molecule has 0 saturated carbocycles. The third-order valence-electron chi connectivity index (χ3n) is 3.84. The van der Waals surface area contributed by atoms with Gasteiger partial charge < -0.3 is 10.6 Å². The Morgan fingerprint density at radius 3 is 2.74 bits per heavy atom. The summed E-state index contributed by atoms with van der Waals surface area (Å²) in [5, 5.41) is 6.57. The zero-order valence-corrected chi connectivity index (χ0v) is 11.9. The average Bonchev–Trinajstić information content (AvgIpc) is 2.41. The van der Waals surface area contributed by atoms with Crippen LogP contribution in [0.2, 0.25) is 0 Å². The first-order chi connectivity index (χ1) is 9.20. The summed E-state index contributed by atoms with van der Waals surface area (Å²) in [6.45, 7) is 6.24. The van der Waals surface area contributed by atoms with E-state index in [2.05, 4.69) is 24.5 Å². The molecule has 2 rings (SSSR count). The van der Waals surface area contributed by atoms with E-state index in [1.54, 1.807) is 0 Å². The van der Waals surface area contributed by atoms with Crippen molar-refractivity contribution in [3.63, 3.8) is 0 Å². The van der Waals surface area contributed by atoms with Crippen LogP contribution in [0.4, 0.5) is 0 Å². The SMILES string of the molecule is CCC(C(=O)NC1CNCC(C)C1)c1ccccc1. The molecule has 1 heterocycles. The Bertz CT molecular complexity index is 404. The molecule has 1 aliphatic rings. The van der Waals surface area contributed by atoms with Gasteiger partial charge in [0, 0.05) is 12.6 Å². The predicted molar refractivity (Wildman–Crippen MR) is 78.1 cm³/mol. The number of hydrogen-bond acceptors (Lipinski definition) is 2. The van der Waals surface area contributed by atoms with Crippen molar-refractivity contribution in [2.24, 2.45) is 5.92 Å². The molecule has 1 amide bonds. The van der Waals surface area contributed by atoms with Gasteiger partial charge in [-0.2, -0.15) is 0 Å². The zero-order chi connectivity index (χ0) is 13.7. The van der Waals surface area contributed by atoms with E-state index in [1.807, 2.05) is 30.3 Å². The van der Waals surface area contributed by atoms with E-state index in [0.717, 1.165) is 31.5 Å². The van der Waals surface area contributed by atoms with E-state index in [9.17, 15) is 4.79 Å². The highest BCUT2D eigenvalue weighted by molar-refractivity contribution is 5.83. The topological polar surface area (TPSA) is 41.1 Å². The summed E-state index contributed by atoms with van der Waals surface area (Å²) in [5.74, 6) is 0.767.